The predicted octanol–water partition coefficient (Wildman–Crippen LogP) is 3.55. The quantitative estimate of drug-likeness (QED) is 0.865. The van der Waals surface area contributed by atoms with Gasteiger partial charge in [0, 0.05) is 28.6 Å². The number of nitrogens with one attached hydrogen (secondary N) is 1. The van der Waals surface area contributed by atoms with Gasteiger partial charge in [-0.2, -0.15) is 28.6 Å². The molecule has 1 aromatic heterocycles. The third-order valence-corrected chi connectivity index (χ3v) is 7.52. The Balaban J connectivity index is 2.29. The number of hydrogen-bond acceptors (Lipinski definition) is 4. The molecular weight excluding hydrogens is 342 g/mol. The molecule has 0 aromatic carbocycles. The number of hydrogen-bond donors (Lipinski definition) is 1. The van der Waals surface area contributed by atoms with E-state index >= 15 is 0 Å². The van der Waals surface area contributed by atoms with Gasteiger partial charge in [-0.3, -0.25) is 4.68 Å². The molecule has 2 rings (SSSR count). The normalized spacial score (nSPS) is 25.5. The molecule has 0 amide bonds. The molecule has 1 saturated heterocycles. The molecule has 1 N–H and O–H groups in total. The van der Waals surface area contributed by atoms with E-state index in [0.717, 1.165) is 16.3 Å². The van der Waals surface area contributed by atoms with E-state index < -0.39 is 0 Å². The molecule has 1 aliphatic rings. The zero-order valence-electron chi connectivity index (χ0n) is 11.7. The number of rotatable bonds is 5. The molecule has 19 heavy (non-hydrogen) atoms. The van der Waals surface area contributed by atoms with Crippen molar-refractivity contribution in [2.75, 3.05) is 18.6 Å². The fraction of sp³-hybridized carbons (Fsp3) is 0.769. The molecule has 108 valence electrons. The van der Waals surface area contributed by atoms with Crippen LogP contribution in [-0.2, 0) is 6.54 Å². The third-order valence-electron chi connectivity index (χ3n) is 3.56. The van der Waals surface area contributed by atoms with E-state index in [4.69, 9.17) is 0 Å². The predicted molar refractivity (Wildman–Crippen MR) is 90.2 cm³/mol. The van der Waals surface area contributed by atoms with E-state index in [1.54, 1.807) is 0 Å². The maximum atomic E-state index is 4.46. The second-order valence-electron chi connectivity index (χ2n) is 4.61. The molecule has 1 aromatic rings. The Morgan fingerprint density at radius 2 is 2.21 bits per heavy atom. The second-order valence-corrected chi connectivity index (χ2v) is 8.10. The van der Waals surface area contributed by atoms with E-state index in [1.165, 1.54) is 23.6 Å². The molecule has 0 radical (unpaired) electrons. The molecule has 0 spiro atoms. The van der Waals surface area contributed by atoms with Gasteiger partial charge in [0.25, 0.3) is 0 Å². The maximum absolute atomic E-state index is 4.46. The van der Waals surface area contributed by atoms with E-state index in [0.29, 0.717) is 11.3 Å². The molecule has 1 fully saturated rings. The minimum absolute atomic E-state index is 0.361. The number of aryl methyl sites for hydroxylation is 1. The first-order chi connectivity index (χ1) is 9.22. The van der Waals surface area contributed by atoms with Crippen LogP contribution in [-0.4, -0.2) is 38.8 Å². The zero-order chi connectivity index (χ0) is 13.8. The molecule has 1 aliphatic heterocycles. The van der Waals surface area contributed by atoms with Gasteiger partial charge >= 0.3 is 0 Å². The summed E-state index contributed by atoms with van der Waals surface area (Å²) in [5, 5.41) is 9.33. The van der Waals surface area contributed by atoms with Crippen molar-refractivity contribution in [3.8, 4) is 0 Å². The minimum Gasteiger partial charge on any atom is -0.311 e. The Bertz CT molecular complexity index is 411. The van der Waals surface area contributed by atoms with Crippen molar-refractivity contribution in [2.24, 2.45) is 0 Å². The standard InChI is InChI=1S/C13H22BrN3S2/c1-4-10-13(19-7-6-18-10)11(15-3)12-9(14)8-16-17(12)5-2/h8,10-11,13,15H,4-7H2,1-3H3. The lowest BCUT2D eigenvalue weighted by atomic mass is 10.1. The molecule has 3 nitrogen and oxygen atoms in total. The number of halogens is 1. The summed E-state index contributed by atoms with van der Waals surface area (Å²) >= 11 is 7.90. The summed E-state index contributed by atoms with van der Waals surface area (Å²) < 4.78 is 3.23. The second kappa shape index (κ2) is 7.38. The van der Waals surface area contributed by atoms with Crippen LogP contribution in [0, 0.1) is 0 Å². The summed E-state index contributed by atoms with van der Waals surface area (Å²) in [5.41, 5.74) is 1.29. The maximum Gasteiger partial charge on any atom is 0.0707 e. The molecule has 0 saturated carbocycles. The Hall–Kier alpha value is 0.350. The molecule has 2 heterocycles. The van der Waals surface area contributed by atoms with E-state index in [9.17, 15) is 0 Å². The Kier molecular flexibility index (Phi) is 6.11. The first kappa shape index (κ1) is 15.7. The number of thioether (sulfide) groups is 2. The monoisotopic (exact) mass is 363 g/mol. The first-order valence-electron chi connectivity index (χ1n) is 6.84. The fourth-order valence-corrected chi connectivity index (χ4v) is 6.44. The molecule has 6 heteroatoms. The average molecular weight is 364 g/mol. The van der Waals surface area contributed by atoms with Gasteiger partial charge in [0.05, 0.1) is 22.4 Å². The van der Waals surface area contributed by atoms with Gasteiger partial charge in [-0.15, -0.1) is 0 Å². The van der Waals surface area contributed by atoms with Crippen molar-refractivity contribution in [3.05, 3.63) is 16.4 Å². The molecular formula is C13H22BrN3S2. The van der Waals surface area contributed by atoms with Crippen LogP contribution < -0.4 is 5.32 Å². The zero-order valence-corrected chi connectivity index (χ0v) is 14.9. The van der Waals surface area contributed by atoms with E-state index in [2.05, 4.69) is 75.4 Å². The van der Waals surface area contributed by atoms with Gasteiger partial charge in [-0.1, -0.05) is 6.92 Å². The van der Waals surface area contributed by atoms with Crippen LogP contribution in [0.2, 0.25) is 0 Å². The summed E-state index contributed by atoms with van der Waals surface area (Å²) in [7, 11) is 2.07. The highest BCUT2D eigenvalue weighted by Gasteiger charge is 2.34. The van der Waals surface area contributed by atoms with Crippen LogP contribution in [0.4, 0.5) is 0 Å². The SMILES string of the molecule is CCC1SCCSC1C(NC)c1c(Br)cnn1CC. The van der Waals surface area contributed by atoms with Crippen molar-refractivity contribution < 1.29 is 0 Å². The highest BCUT2D eigenvalue weighted by molar-refractivity contribution is 9.10. The lowest BCUT2D eigenvalue weighted by Crippen LogP contribution is -2.38. The van der Waals surface area contributed by atoms with Crippen LogP contribution >= 0.6 is 39.5 Å². The fourth-order valence-electron chi connectivity index (χ4n) is 2.64. The van der Waals surface area contributed by atoms with Gasteiger partial charge < -0.3 is 5.32 Å². The van der Waals surface area contributed by atoms with Gasteiger partial charge in [0.2, 0.25) is 0 Å². The van der Waals surface area contributed by atoms with Crippen molar-refractivity contribution in [3.63, 3.8) is 0 Å². The summed E-state index contributed by atoms with van der Waals surface area (Å²) in [6, 6.07) is 0.361. The van der Waals surface area contributed by atoms with Gasteiger partial charge in [-0.25, -0.2) is 0 Å². The molecule has 3 unspecified atom stereocenters. The van der Waals surface area contributed by atoms with Crippen molar-refractivity contribution >= 4 is 39.5 Å². The summed E-state index contributed by atoms with van der Waals surface area (Å²) in [4.78, 5) is 0. The largest absolute Gasteiger partial charge is 0.311 e. The van der Waals surface area contributed by atoms with Crippen LogP contribution in [0.15, 0.2) is 10.7 Å². The smallest absolute Gasteiger partial charge is 0.0707 e. The summed E-state index contributed by atoms with van der Waals surface area (Å²) in [5.74, 6) is 2.53. The Labute approximate surface area is 132 Å². The highest BCUT2D eigenvalue weighted by Crippen LogP contribution is 2.41. The first-order valence-corrected chi connectivity index (χ1v) is 9.73. The highest BCUT2D eigenvalue weighted by atomic mass is 79.9. The third kappa shape index (κ3) is 3.34. The van der Waals surface area contributed by atoms with Crippen molar-refractivity contribution in [1.29, 1.82) is 0 Å². The van der Waals surface area contributed by atoms with Crippen LogP contribution in [0.25, 0.3) is 0 Å². The molecule has 0 bridgehead atoms. The lowest BCUT2D eigenvalue weighted by Gasteiger charge is -2.36. The minimum atomic E-state index is 0.361. The topological polar surface area (TPSA) is 29.9 Å². The van der Waals surface area contributed by atoms with Crippen molar-refractivity contribution in [2.45, 2.75) is 43.4 Å². The summed E-state index contributed by atoms with van der Waals surface area (Å²) in [6.45, 7) is 5.37. The average Bonchev–Trinajstić information content (AvgIpc) is 2.82. The van der Waals surface area contributed by atoms with Gasteiger partial charge in [0.1, 0.15) is 0 Å². The van der Waals surface area contributed by atoms with E-state index in [-0.39, 0.29) is 0 Å². The van der Waals surface area contributed by atoms with Crippen molar-refractivity contribution in [1.82, 2.24) is 15.1 Å². The van der Waals surface area contributed by atoms with Crippen LogP contribution in [0.5, 0.6) is 0 Å². The van der Waals surface area contributed by atoms with Crippen LogP contribution in [0.3, 0.4) is 0 Å². The Morgan fingerprint density at radius 1 is 1.47 bits per heavy atom. The molecule has 3 atom stereocenters. The molecule has 0 aliphatic carbocycles. The lowest BCUT2D eigenvalue weighted by molar-refractivity contribution is 0.486. The van der Waals surface area contributed by atoms with Gasteiger partial charge in [-0.05, 0) is 36.3 Å². The number of aromatic nitrogens is 2. The van der Waals surface area contributed by atoms with Gasteiger partial charge in [0.15, 0.2) is 0 Å². The Morgan fingerprint density at radius 3 is 2.84 bits per heavy atom. The summed E-state index contributed by atoms with van der Waals surface area (Å²) in [6.07, 6.45) is 3.16. The van der Waals surface area contributed by atoms with Crippen LogP contribution in [0.1, 0.15) is 32.0 Å². The van der Waals surface area contributed by atoms with E-state index in [1.807, 2.05) is 6.20 Å². The number of nitrogens with zero attached hydrogens (tertiary/aromatic N) is 2.